The van der Waals surface area contributed by atoms with E-state index in [-0.39, 0.29) is 31.3 Å². The fourth-order valence-electron chi connectivity index (χ4n) is 2.27. The Kier molecular flexibility index (Phi) is 6.94. The van der Waals surface area contributed by atoms with Crippen molar-refractivity contribution < 1.29 is 27.5 Å². The number of hydrogen-bond donors (Lipinski definition) is 1. The molecule has 1 rings (SSSR count). The predicted octanol–water partition coefficient (Wildman–Crippen LogP) is 1.33. The first-order valence-electron chi connectivity index (χ1n) is 7.01. The van der Waals surface area contributed by atoms with Crippen molar-refractivity contribution in [3.05, 3.63) is 0 Å². The average Bonchev–Trinajstić information content (AvgIpc) is 2.79. The highest BCUT2D eigenvalue weighted by atomic mass is 19.4. The van der Waals surface area contributed by atoms with Gasteiger partial charge in [-0.05, 0) is 25.8 Å². The van der Waals surface area contributed by atoms with Crippen LogP contribution in [-0.4, -0.2) is 55.7 Å². The average molecular weight is 310 g/mol. The van der Waals surface area contributed by atoms with Gasteiger partial charge in [0.25, 0.3) is 0 Å². The molecule has 0 saturated carbocycles. The molecular weight excluding hydrogens is 289 g/mol. The fourth-order valence-corrected chi connectivity index (χ4v) is 2.27. The van der Waals surface area contributed by atoms with Gasteiger partial charge in [0, 0.05) is 19.5 Å². The third-order valence-corrected chi connectivity index (χ3v) is 3.22. The highest BCUT2D eigenvalue weighted by Crippen LogP contribution is 2.22. The second-order valence-electron chi connectivity index (χ2n) is 5.11. The summed E-state index contributed by atoms with van der Waals surface area (Å²) in [4.78, 5) is 23.9. The second-order valence-corrected chi connectivity index (χ2v) is 5.11. The number of nitrogens with one attached hydrogen (secondary N) is 1. The Balaban J connectivity index is 2.15. The van der Waals surface area contributed by atoms with Gasteiger partial charge in [0.2, 0.25) is 5.91 Å². The molecule has 1 N–H and O–H groups in total. The van der Waals surface area contributed by atoms with Crippen LogP contribution in [0, 0.1) is 5.92 Å². The van der Waals surface area contributed by atoms with Gasteiger partial charge >= 0.3 is 12.1 Å². The van der Waals surface area contributed by atoms with Gasteiger partial charge in [-0.3, -0.25) is 14.5 Å². The summed E-state index contributed by atoms with van der Waals surface area (Å²) in [5.41, 5.74) is 0. The number of carbonyl (C=O) groups is 2. The van der Waals surface area contributed by atoms with Crippen LogP contribution < -0.4 is 5.32 Å². The van der Waals surface area contributed by atoms with Crippen molar-refractivity contribution in [1.82, 2.24) is 10.2 Å². The Morgan fingerprint density at radius 2 is 2.05 bits per heavy atom. The Morgan fingerprint density at radius 1 is 1.33 bits per heavy atom. The minimum Gasteiger partial charge on any atom is -0.466 e. The highest BCUT2D eigenvalue weighted by Gasteiger charge is 2.34. The molecule has 0 bridgehead atoms. The lowest BCUT2D eigenvalue weighted by Crippen LogP contribution is -2.34. The van der Waals surface area contributed by atoms with Gasteiger partial charge in [-0.2, -0.15) is 13.2 Å². The molecular formula is C13H21F3N2O3. The van der Waals surface area contributed by atoms with E-state index in [1.807, 2.05) is 0 Å². The Hall–Kier alpha value is -1.31. The number of carbonyl (C=O) groups excluding carboxylic acids is 2. The maximum atomic E-state index is 12.2. The van der Waals surface area contributed by atoms with Gasteiger partial charge in [-0.25, -0.2) is 0 Å². The Labute approximate surface area is 121 Å². The smallest absolute Gasteiger partial charge is 0.401 e. The third-order valence-electron chi connectivity index (χ3n) is 3.22. The summed E-state index contributed by atoms with van der Waals surface area (Å²) in [6.45, 7) is 2.12. The minimum absolute atomic E-state index is 0.0184. The Morgan fingerprint density at radius 3 is 2.67 bits per heavy atom. The van der Waals surface area contributed by atoms with Crippen LogP contribution in [0.4, 0.5) is 13.2 Å². The first-order valence-corrected chi connectivity index (χ1v) is 7.01. The van der Waals surface area contributed by atoms with Crippen LogP contribution in [0.1, 0.15) is 26.2 Å². The largest absolute Gasteiger partial charge is 0.466 e. The van der Waals surface area contributed by atoms with Gasteiger partial charge in [-0.1, -0.05) is 0 Å². The molecule has 5 nitrogen and oxygen atoms in total. The van der Waals surface area contributed by atoms with Crippen molar-refractivity contribution in [2.75, 3.05) is 32.8 Å². The summed E-state index contributed by atoms with van der Waals surface area (Å²) in [6.07, 6.45) is -3.49. The zero-order valence-corrected chi connectivity index (χ0v) is 12.0. The van der Waals surface area contributed by atoms with Crippen molar-refractivity contribution in [2.45, 2.75) is 32.4 Å². The SMILES string of the molecule is CCOC(=O)CCC(=O)NCC1CCN(CC(F)(F)F)C1. The van der Waals surface area contributed by atoms with Crippen LogP contribution in [0.5, 0.6) is 0 Å². The molecule has 1 amide bonds. The quantitative estimate of drug-likeness (QED) is 0.721. The van der Waals surface area contributed by atoms with Crippen LogP contribution in [-0.2, 0) is 14.3 Å². The van der Waals surface area contributed by atoms with Crippen LogP contribution >= 0.6 is 0 Å². The Bertz CT molecular complexity index is 361. The van der Waals surface area contributed by atoms with E-state index in [4.69, 9.17) is 4.74 Å². The number of hydrogen-bond acceptors (Lipinski definition) is 4. The molecule has 1 aliphatic rings. The van der Waals surface area contributed by atoms with E-state index in [0.29, 0.717) is 26.1 Å². The van der Waals surface area contributed by atoms with E-state index in [1.165, 1.54) is 4.90 Å². The number of alkyl halides is 3. The van der Waals surface area contributed by atoms with Crippen molar-refractivity contribution >= 4 is 11.9 Å². The zero-order valence-electron chi connectivity index (χ0n) is 12.0. The molecule has 1 fully saturated rings. The van der Waals surface area contributed by atoms with Crippen molar-refractivity contribution in [1.29, 1.82) is 0 Å². The van der Waals surface area contributed by atoms with Crippen LogP contribution in [0.15, 0.2) is 0 Å². The molecule has 1 atom stereocenters. The molecule has 21 heavy (non-hydrogen) atoms. The zero-order chi connectivity index (χ0) is 15.9. The molecule has 0 radical (unpaired) electrons. The maximum Gasteiger partial charge on any atom is 0.401 e. The molecule has 0 aromatic heterocycles. The molecule has 1 aliphatic heterocycles. The number of ether oxygens (including phenoxy) is 1. The number of rotatable bonds is 7. The van der Waals surface area contributed by atoms with Crippen LogP contribution in [0.3, 0.4) is 0 Å². The number of halogens is 3. The van der Waals surface area contributed by atoms with Crippen LogP contribution in [0.2, 0.25) is 0 Å². The predicted molar refractivity (Wildman–Crippen MR) is 69.5 cm³/mol. The summed E-state index contributed by atoms with van der Waals surface area (Å²) >= 11 is 0. The molecule has 1 heterocycles. The third kappa shape index (κ3) is 7.89. The summed E-state index contributed by atoms with van der Waals surface area (Å²) < 4.78 is 41.4. The summed E-state index contributed by atoms with van der Waals surface area (Å²) in [7, 11) is 0. The molecule has 0 aliphatic carbocycles. The number of likely N-dealkylation sites (tertiary alicyclic amines) is 1. The first kappa shape index (κ1) is 17.7. The summed E-state index contributed by atoms with van der Waals surface area (Å²) in [5, 5.41) is 2.65. The van der Waals surface area contributed by atoms with Gasteiger partial charge in [-0.15, -0.1) is 0 Å². The molecule has 0 aromatic rings. The fraction of sp³-hybridized carbons (Fsp3) is 0.846. The minimum atomic E-state index is -4.18. The van der Waals surface area contributed by atoms with Crippen molar-refractivity contribution in [3.63, 3.8) is 0 Å². The van der Waals surface area contributed by atoms with E-state index in [2.05, 4.69) is 5.32 Å². The lowest BCUT2D eigenvalue weighted by Gasteiger charge is -2.18. The first-order chi connectivity index (χ1) is 9.80. The summed E-state index contributed by atoms with van der Waals surface area (Å²) in [5.74, 6) is -0.680. The monoisotopic (exact) mass is 310 g/mol. The number of nitrogens with zero attached hydrogens (tertiary/aromatic N) is 1. The van der Waals surface area contributed by atoms with E-state index < -0.39 is 18.7 Å². The maximum absolute atomic E-state index is 12.2. The van der Waals surface area contributed by atoms with E-state index in [9.17, 15) is 22.8 Å². The van der Waals surface area contributed by atoms with Gasteiger partial charge < -0.3 is 10.1 Å². The molecule has 1 unspecified atom stereocenters. The molecule has 122 valence electrons. The van der Waals surface area contributed by atoms with Crippen molar-refractivity contribution in [3.8, 4) is 0 Å². The van der Waals surface area contributed by atoms with E-state index in [0.717, 1.165) is 0 Å². The van der Waals surface area contributed by atoms with Crippen LogP contribution in [0.25, 0.3) is 0 Å². The van der Waals surface area contributed by atoms with Gasteiger partial charge in [0.15, 0.2) is 0 Å². The molecule has 8 heteroatoms. The van der Waals surface area contributed by atoms with Gasteiger partial charge in [0.05, 0.1) is 19.6 Å². The van der Waals surface area contributed by atoms with E-state index in [1.54, 1.807) is 6.92 Å². The molecule has 0 spiro atoms. The van der Waals surface area contributed by atoms with Gasteiger partial charge in [0.1, 0.15) is 0 Å². The molecule has 0 aromatic carbocycles. The summed E-state index contributed by atoms with van der Waals surface area (Å²) in [6, 6.07) is 0. The van der Waals surface area contributed by atoms with E-state index >= 15 is 0 Å². The number of amides is 1. The topological polar surface area (TPSA) is 58.6 Å². The lowest BCUT2D eigenvalue weighted by atomic mass is 10.1. The normalized spacial score (nSPS) is 19.5. The van der Waals surface area contributed by atoms with Crippen molar-refractivity contribution in [2.24, 2.45) is 5.92 Å². The molecule has 1 saturated heterocycles. The standard InChI is InChI=1S/C13H21F3N2O3/c1-2-21-12(20)4-3-11(19)17-7-10-5-6-18(8-10)9-13(14,15)16/h10H,2-9H2,1H3,(H,17,19). The number of esters is 1. The second kappa shape index (κ2) is 8.21. The lowest BCUT2D eigenvalue weighted by molar-refractivity contribution is -0.144. The highest BCUT2D eigenvalue weighted by molar-refractivity contribution is 5.81.